The van der Waals surface area contributed by atoms with E-state index in [0.717, 1.165) is 16.7 Å². The van der Waals surface area contributed by atoms with Gasteiger partial charge in [0.05, 0.1) is 11.5 Å². The molecule has 0 amide bonds. The first-order valence-electron chi connectivity index (χ1n) is 11.1. The van der Waals surface area contributed by atoms with Crippen molar-refractivity contribution in [2.24, 2.45) is 5.92 Å². The van der Waals surface area contributed by atoms with Crippen LogP contribution in [-0.4, -0.2) is 11.1 Å². The van der Waals surface area contributed by atoms with Crippen LogP contribution in [0, 0.1) is 12.8 Å². The average Bonchev–Trinajstić information content (AvgIpc) is 2.76. The number of carboxylic acid groups (broad SMARTS) is 1. The Balaban J connectivity index is 2.19. The molecule has 5 heteroatoms. The minimum absolute atomic E-state index is 0.0661. The van der Waals surface area contributed by atoms with Gasteiger partial charge in [0.25, 0.3) is 0 Å². The predicted octanol–water partition coefficient (Wildman–Crippen LogP) is 7.68. The summed E-state index contributed by atoms with van der Waals surface area (Å²) in [4.78, 5) is 12.1. The van der Waals surface area contributed by atoms with Crippen LogP contribution in [-0.2, 0) is 23.8 Å². The topological polar surface area (TPSA) is 37.3 Å². The summed E-state index contributed by atoms with van der Waals surface area (Å²) in [5.74, 6) is -2.53. The summed E-state index contributed by atoms with van der Waals surface area (Å²) >= 11 is 0. The predicted molar refractivity (Wildman–Crippen MR) is 125 cm³/mol. The van der Waals surface area contributed by atoms with E-state index in [1.54, 1.807) is 6.07 Å². The minimum atomic E-state index is -4.65. The number of aliphatic carboxylic acids is 1. The highest BCUT2D eigenvalue weighted by atomic mass is 19.4. The standard InChI is InChI=1S/C28H29F3O2/c1-18(2)15-25(27(32)33)24-17-23(21-7-5-4-6-8-21)16-22(26(24)28(29,30)31)14-13-20-11-9-19(3)10-12-20/h4-12,16-18,25H,13-15H2,1-3H3,(H,32,33). The lowest BCUT2D eigenvalue weighted by molar-refractivity contribution is -0.142. The summed E-state index contributed by atoms with van der Waals surface area (Å²) < 4.78 is 43.2. The molecule has 0 saturated carbocycles. The number of rotatable bonds is 8. The van der Waals surface area contributed by atoms with E-state index in [1.165, 1.54) is 6.07 Å². The summed E-state index contributed by atoms with van der Waals surface area (Å²) in [6.07, 6.45) is -3.92. The fourth-order valence-electron chi connectivity index (χ4n) is 4.21. The van der Waals surface area contributed by atoms with Crippen molar-refractivity contribution in [3.63, 3.8) is 0 Å². The first-order valence-corrected chi connectivity index (χ1v) is 11.1. The van der Waals surface area contributed by atoms with Gasteiger partial charge in [-0.25, -0.2) is 0 Å². The maximum atomic E-state index is 14.4. The van der Waals surface area contributed by atoms with Gasteiger partial charge in [0.15, 0.2) is 0 Å². The molecule has 2 nitrogen and oxygen atoms in total. The lowest BCUT2D eigenvalue weighted by Gasteiger charge is -2.24. The molecule has 3 rings (SSSR count). The fourth-order valence-corrected chi connectivity index (χ4v) is 4.21. The van der Waals surface area contributed by atoms with Crippen LogP contribution in [0.2, 0.25) is 0 Å². The molecule has 0 heterocycles. The molecule has 0 aliphatic heterocycles. The van der Waals surface area contributed by atoms with Crippen molar-refractivity contribution in [1.82, 2.24) is 0 Å². The van der Waals surface area contributed by atoms with E-state index >= 15 is 0 Å². The second-order valence-electron chi connectivity index (χ2n) is 8.97. The van der Waals surface area contributed by atoms with Crippen LogP contribution in [0.1, 0.15) is 54.0 Å². The van der Waals surface area contributed by atoms with Gasteiger partial charge >= 0.3 is 12.1 Å². The maximum absolute atomic E-state index is 14.4. The molecule has 0 aliphatic rings. The zero-order valence-corrected chi connectivity index (χ0v) is 19.1. The van der Waals surface area contributed by atoms with E-state index in [1.807, 2.05) is 75.4 Å². The normalized spacial score (nSPS) is 12.7. The molecule has 1 atom stereocenters. The number of hydrogen-bond donors (Lipinski definition) is 1. The van der Waals surface area contributed by atoms with Crippen molar-refractivity contribution in [2.75, 3.05) is 0 Å². The van der Waals surface area contributed by atoms with Gasteiger partial charge in [-0.2, -0.15) is 13.2 Å². The minimum Gasteiger partial charge on any atom is -0.481 e. The van der Waals surface area contributed by atoms with Gasteiger partial charge in [0.2, 0.25) is 0 Å². The number of halogens is 3. The van der Waals surface area contributed by atoms with Crippen LogP contribution in [0.25, 0.3) is 11.1 Å². The van der Waals surface area contributed by atoms with Gasteiger partial charge < -0.3 is 5.11 Å². The second kappa shape index (κ2) is 10.2. The van der Waals surface area contributed by atoms with Crippen LogP contribution in [0.5, 0.6) is 0 Å². The summed E-state index contributed by atoms with van der Waals surface area (Å²) in [6.45, 7) is 5.60. The molecule has 0 aromatic heterocycles. The van der Waals surface area contributed by atoms with Crippen molar-refractivity contribution in [3.05, 3.63) is 94.5 Å². The van der Waals surface area contributed by atoms with E-state index in [4.69, 9.17) is 0 Å². The van der Waals surface area contributed by atoms with Crippen LogP contribution in [0.4, 0.5) is 13.2 Å². The highest BCUT2D eigenvalue weighted by Gasteiger charge is 2.40. The van der Waals surface area contributed by atoms with E-state index in [2.05, 4.69) is 0 Å². The number of alkyl halides is 3. The Labute approximate surface area is 193 Å². The van der Waals surface area contributed by atoms with Gasteiger partial charge in [-0.05, 0) is 66.0 Å². The number of carbonyl (C=O) groups is 1. The molecular formula is C28H29F3O2. The number of carboxylic acids is 1. The second-order valence-corrected chi connectivity index (χ2v) is 8.97. The van der Waals surface area contributed by atoms with Crippen LogP contribution in [0.15, 0.2) is 66.7 Å². The Bertz CT molecular complexity index is 1080. The molecule has 1 unspecified atom stereocenters. The molecule has 3 aromatic carbocycles. The lowest BCUT2D eigenvalue weighted by atomic mass is 9.82. The zero-order valence-electron chi connectivity index (χ0n) is 19.1. The Morgan fingerprint density at radius 1 is 0.909 bits per heavy atom. The average molecular weight is 455 g/mol. The molecule has 3 aromatic rings. The Kier molecular flexibility index (Phi) is 7.62. The quantitative estimate of drug-likeness (QED) is 0.379. The van der Waals surface area contributed by atoms with Crippen LogP contribution < -0.4 is 0 Å². The first kappa shape index (κ1) is 24.6. The third kappa shape index (κ3) is 6.25. The third-order valence-corrected chi connectivity index (χ3v) is 5.83. The number of hydrogen-bond acceptors (Lipinski definition) is 1. The SMILES string of the molecule is Cc1ccc(CCc2cc(-c3ccccc3)cc(C(CC(C)C)C(=O)O)c2C(F)(F)F)cc1. The summed E-state index contributed by atoms with van der Waals surface area (Å²) in [6, 6.07) is 19.9. The monoisotopic (exact) mass is 454 g/mol. The zero-order chi connectivity index (χ0) is 24.2. The Hall–Kier alpha value is -3.08. The van der Waals surface area contributed by atoms with Crippen molar-refractivity contribution in [1.29, 1.82) is 0 Å². The smallest absolute Gasteiger partial charge is 0.416 e. The Morgan fingerprint density at radius 3 is 2.09 bits per heavy atom. The summed E-state index contributed by atoms with van der Waals surface area (Å²) in [5.41, 5.74) is 2.57. The molecule has 0 spiro atoms. The fraction of sp³-hybridized carbons (Fsp3) is 0.321. The molecule has 0 saturated heterocycles. The third-order valence-electron chi connectivity index (χ3n) is 5.83. The van der Waals surface area contributed by atoms with E-state index < -0.39 is 23.6 Å². The van der Waals surface area contributed by atoms with Gasteiger partial charge in [-0.3, -0.25) is 4.79 Å². The maximum Gasteiger partial charge on any atom is 0.416 e. The van der Waals surface area contributed by atoms with Gasteiger partial charge in [0.1, 0.15) is 0 Å². The van der Waals surface area contributed by atoms with E-state index in [-0.39, 0.29) is 29.9 Å². The van der Waals surface area contributed by atoms with Crippen molar-refractivity contribution < 1.29 is 23.1 Å². The molecule has 0 aliphatic carbocycles. The summed E-state index contributed by atoms with van der Waals surface area (Å²) in [5, 5.41) is 9.88. The Morgan fingerprint density at radius 2 is 1.55 bits per heavy atom. The van der Waals surface area contributed by atoms with E-state index in [0.29, 0.717) is 12.0 Å². The highest BCUT2D eigenvalue weighted by Crippen LogP contribution is 2.42. The van der Waals surface area contributed by atoms with Gasteiger partial charge in [0, 0.05) is 0 Å². The summed E-state index contributed by atoms with van der Waals surface area (Å²) in [7, 11) is 0. The van der Waals surface area contributed by atoms with Crippen LogP contribution in [0.3, 0.4) is 0 Å². The number of aryl methyl sites for hydroxylation is 3. The van der Waals surface area contributed by atoms with Crippen molar-refractivity contribution in [2.45, 2.75) is 52.1 Å². The first-order chi connectivity index (χ1) is 15.6. The van der Waals surface area contributed by atoms with E-state index in [9.17, 15) is 23.1 Å². The molecular weight excluding hydrogens is 425 g/mol. The molecule has 174 valence electrons. The number of benzene rings is 3. The molecule has 1 N–H and O–H groups in total. The van der Waals surface area contributed by atoms with Crippen molar-refractivity contribution in [3.8, 4) is 11.1 Å². The van der Waals surface area contributed by atoms with Gasteiger partial charge in [-0.15, -0.1) is 0 Å². The molecule has 0 bridgehead atoms. The van der Waals surface area contributed by atoms with Crippen LogP contribution >= 0.6 is 0 Å². The molecule has 33 heavy (non-hydrogen) atoms. The lowest BCUT2D eigenvalue weighted by Crippen LogP contribution is -2.21. The van der Waals surface area contributed by atoms with Gasteiger partial charge in [-0.1, -0.05) is 80.1 Å². The molecule has 0 radical (unpaired) electrons. The molecule has 0 fully saturated rings. The van der Waals surface area contributed by atoms with Crippen molar-refractivity contribution >= 4 is 5.97 Å². The highest BCUT2D eigenvalue weighted by molar-refractivity contribution is 5.79. The largest absolute Gasteiger partial charge is 0.481 e.